The molecule has 35 heavy (non-hydrogen) atoms. The third kappa shape index (κ3) is 7.54. The van der Waals surface area contributed by atoms with Crippen molar-refractivity contribution in [3.63, 3.8) is 0 Å². The molecule has 0 unspecified atom stereocenters. The van der Waals surface area contributed by atoms with Crippen molar-refractivity contribution in [2.75, 3.05) is 38.5 Å². The van der Waals surface area contributed by atoms with Crippen molar-refractivity contribution in [2.24, 2.45) is 4.99 Å². The molecular formula is C25H30N6O3S. The van der Waals surface area contributed by atoms with Crippen molar-refractivity contribution < 1.29 is 14.2 Å². The maximum absolute atomic E-state index is 5.55. The van der Waals surface area contributed by atoms with Crippen LogP contribution in [0.5, 0.6) is 17.2 Å². The van der Waals surface area contributed by atoms with Crippen LogP contribution in [0.2, 0.25) is 0 Å². The van der Waals surface area contributed by atoms with Crippen LogP contribution in [0.15, 0.2) is 53.5 Å². The molecule has 9 nitrogen and oxygen atoms in total. The quantitative estimate of drug-likeness (QED) is 0.242. The summed E-state index contributed by atoms with van der Waals surface area (Å²) in [6, 6.07) is 15.6. The summed E-state index contributed by atoms with van der Waals surface area (Å²) in [7, 11) is 4.67. The van der Waals surface area contributed by atoms with Crippen LogP contribution >= 0.6 is 12.2 Å². The average molecular weight is 495 g/mol. The lowest BCUT2D eigenvalue weighted by Gasteiger charge is -2.17. The van der Waals surface area contributed by atoms with E-state index in [4.69, 9.17) is 26.4 Å². The monoisotopic (exact) mass is 494 g/mol. The number of rotatable bonds is 8. The van der Waals surface area contributed by atoms with Crippen LogP contribution in [0.25, 0.3) is 0 Å². The van der Waals surface area contributed by atoms with Gasteiger partial charge in [-0.3, -0.25) is 10.3 Å². The van der Waals surface area contributed by atoms with E-state index in [-0.39, 0.29) is 0 Å². The standard InChI is InChI=1S/C25H30N6O3S/c1-16-13-17(2)28-24(27-16)30-23(26-12-11-18-9-7-6-8-10-18)31-25(35)29-19-14-20(32-3)22(34-5)21(15-19)33-4/h6-10,13-15H,11-12H2,1-5H3,(H3,26,27,28,29,30,31,35). The Bertz CT molecular complexity index is 1140. The van der Waals surface area contributed by atoms with E-state index in [1.165, 1.54) is 5.56 Å². The van der Waals surface area contributed by atoms with Crippen LogP contribution < -0.4 is 30.2 Å². The molecule has 0 saturated heterocycles. The third-order valence-corrected chi connectivity index (χ3v) is 5.08. The summed E-state index contributed by atoms with van der Waals surface area (Å²) in [5, 5.41) is 9.70. The van der Waals surface area contributed by atoms with Crippen molar-refractivity contribution in [1.82, 2.24) is 15.3 Å². The number of anilines is 2. The lowest BCUT2D eigenvalue weighted by atomic mass is 10.2. The van der Waals surface area contributed by atoms with Gasteiger partial charge in [0.1, 0.15) is 0 Å². The summed E-state index contributed by atoms with van der Waals surface area (Å²) in [5.41, 5.74) is 3.54. The molecule has 0 amide bonds. The summed E-state index contributed by atoms with van der Waals surface area (Å²) in [5.74, 6) is 2.38. The molecule has 1 aromatic heterocycles. The van der Waals surface area contributed by atoms with Crippen LogP contribution in [-0.2, 0) is 6.42 Å². The predicted octanol–water partition coefficient (Wildman–Crippen LogP) is 4.12. The van der Waals surface area contributed by atoms with E-state index in [2.05, 4.69) is 43.0 Å². The summed E-state index contributed by atoms with van der Waals surface area (Å²) in [6.45, 7) is 4.36. The predicted molar refractivity (Wildman–Crippen MR) is 143 cm³/mol. The van der Waals surface area contributed by atoms with E-state index in [0.29, 0.717) is 46.5 Å². The molecule has 0 spiro atoms. The normalized spacial score (nSPS) is 10.9. The molecule has 10 heteroatoms. The Kier molecular flexibility index (Phi) is 9.19. The van der Waals surface area contributed by atoms with Gasteiger partial charge in [-0.25, -0.2) is 9.97 Å². The molecule has 0 radical (unpaired) electrons. The highest BCUT2D eigenvalue weighted by atomic mass is 32.1. The molecule has 3 N–H and O–H groups in total. The highest BCUT2D eigenvalue weighted by Gasteiger charge is 2.14. The maximum Gasteiger partial charge on any atom is 0.229 e. The second kappa shape index (κ2) is 12.5. The molecule has 0 bridgehead atoms. The van der Waals surface area contributed by atoms with Crippen molar-refractivity contribution >= 4 is 34.9 Å². The zero-order valence-electron chi connectivity index (χ0n) is 20.5. The minimum atomic E-state index is 0.314. The number of hydrogen-bond acceptors (Lipinski definition) is 7. The number of nitrogens with zero attached hydrogens (tertiary/aromatic N) is 3. The average Bonchev–Trinajstić information content (AvgIpc) is 2.83. The van der Waals surface area contributed by atoms with Crippen LogP contribution in [0, 0.1) is 13.8 Å². The molecule has 3 aromatic rings. The minimum Gasteiger partial charge on any atom is -0.493 e. The number of benzene rings is 2. The van der Waals surface area contributed by atoms with E-state index in [1.807, 2.05) is 38.1 Å². The second-order valence-corrected chi connectivity index (χ2v) is 7.97. The van der Waals surface area contributed by atoms with Gasteiger partial charge < -0.3 is 24.8 Å². The van der Waals surface area contributed by atoms with E-state index in [0.717, 1.165) is 17.8 Å². The van der Waals surface area contributed by atoms with Gasteiger partial charge in [0.05, 0.1) is 21.3 Å². The molecule has 0 aliphatic heterocycles. The van der Waals surface area contributed by atoms with Crippen LogP contribution in [0.4, 0.5) is 11.6 Å². The van der Waals surface area contributed by atoms with Gasteiger partial charge in [-0.15, -0.1) is 0 Å². The SMILES string of the molecule is COc1cc(NC(=S)NC(=NCCc2ccccc2)Nc2nc(C)cc(C)n2)cc(OC)c1OC. The van der Waals surface area contributed by atoms with Crippen molar-refractivity contribution in [3.8, 4) is 17.2 Å². The van der Waals surface area contributed by atoms with Crippen LogP contribution in [0.1, 0.15) is 17.0 Å². The van der Waals surface area contributed by atoms with E-state index in [1.54, 1.807) is 33.5 Å². The lowest BCUT2D eigenvalue weighted by molar-refractivity contribution is 0.324. The Morgan fingerprint density at radius 1 is 0.886 bits per heavy atom. The first kappa shape index (κ1) is 25.7. The molecule has 184 valence electrons. The Hall–Kier alpha value is -3.92. The molecular weight excluding hydrogens is 464 g/mol. The molecule has 0 fully saturated rings. The van der Waals surface area contributed by atoms with Gasteiger partial charge in [0.15, 0.2) is 16.6 Å². The number of thiocarbonyl (C=S) groups is 1. The largest absolute Gasteiger partial charge is 0.493 e. The first-order chi connectivity index (χ1) is 16.9. The van der Waals surface area contributed by atoms with E-state index in [9.17, 15) is 0 Å². The topological polar surface area (TPSA) is 102 Å². The summed E-state index contributed by atoms with van der Waals surface area (Å²) < 4.78 is 16.2. The summed E-state index contributed by atoms with van der Waals surface area (Å²) >= 11 is 5.55. The number of aryl methyl sites for hydroxylation is 2. The Morgan fingerprint density at radius 3 is 2.09 bits per heavy atom. The van der Waals surface area contributed by atoms with Crippen molar-refractivity contribution in [1.29, 1.82) is 0 Å². The number of nitrogens with one attached hydrogen (secondary N) is 3. The van der Waals surface area contributed by atoms with Crippen molar-refractivity contribution in [2.45, 2.75) is 20.3 Å². The molecule has 0 atom stereocenters. The first-order valence-electron chi connectivity index (χ1n) is 11.0. The number of ether oxygens (including phenoxy) is 3. The van der Waals surface area contributed by atoms with Gasteiger partial charge in [-0.1, -0.05) is 30.3 Å². The zero-order valence-corrected chi connectivity index (χ0v) is 21.3. The minimum absolute atomic E-state index is 0.314. The molecule has 0 aliphatic rings. The first-order valence-corrected chi connectivity index (χ1v) is 11.4. The fourth-order valence-corrected chi connectivity index (χ4v) is 3.58. The summed E-state index contributed by atoms with van der Waals surface area (Å²) in [4.78, 5) is 13.6. The Morgan fingerprint density at radius 2 is 1.51 bits per heavy atom. The summed E-state index contributed by atoms with van der Waals surface area (Å²) in [6.07, 6.45) is 0.772. The molecule has 0 aliphatic carbocycles. The van der Waals surface area contributed by atoms with Gasteiger partial charge in [0.25, 0.3) is 0 Å². The second-order valence-electron chi connectivity index (χ2n) is 7.56. The van der Waals surface area contributed by atoms with Crippen LogP contribution in [-0.4, -0.2) is 48.9 Å². The van der Waals surface area contributed by atoms with Crippen LogP contribution in [0.3, 0.4) is 0 Å². The Balaban J connectivity index is 1.78. The van der Waals surface area contributed by atoms with Gasteiger partial charge in [0.2, 0.25) is 17.7 Å². The highest BCUT2D eigenvalue weighted by Crippen LogP contribution is 2.39. The number of aliphatic imine (C=N–C) groups is 1. The highest BCUT2D eigenvalue weighted by molar-refractivity contribution is 7.80. The van der Waals surface area contributed by atoms with Gasteiger partial charge >= 0.3 is 0 Å². The molecule has 0 saturated carbocycles. The molecule has 3 rings (SSSR count). The maximum atomic E-state index is 5.55. The Labute approximate surface area is 211 Å². The van der Waals surface area contributed by atoms with Gasteiger partial charge in [0, 0.05) is 35.8 Å². The smallest absolute Gasteiger partial charge is 0.229 e. The number of methoxy groups -OCH3 is 3. The number of guanidine groups is 1. The lowest BCUT2D eigenvalue weighted by Crippen LogP contribution is -2.39. The van der Waals surface area contributed by atoms with Crippen molar-refractivity contribution in [3.05, 3.63) is 65.5 Å². The number of hydrogen-bond donors (Lipinski definition) is 3. The van der Waals surface area contributed by atoms with E-state index >= 15 is 0 Å². The number of aromatic nitrogens is 2. The third-order valence-electron chi connectivity index (χ3n) is 4.88. The zero-order chi connectivity index (χ0) is 25.2. The molecule has 2 aromatic carbocycles. The fourth-order valence-electron chi connectivity index (χ4n) is 3.36. The van der Waals surface area contributed by atoms with Gasteiger partial charge in [-0.2, -0.15) is 0 Å². The van der Waals surface area contributed by atoms with E-state index < -0.39 is 0 Å². The fraction of sp³-hybridized carbons (Fsp3) is 0.280. The molecule has 1 heterocycles. The van der Waals surface area contributed by atoms with Gasteiger partial charge in [-0.05, 0) is 44.1 Å².